The predicted octanol–water partition coefficient (Wildman–Crippen LogP) is -1.56. The number of rotatable bonds is 2. The fourth-order valence-corrected chi connectivity index (χ4v) is 2.06. The van der Waals surface area contributed by atoms with Crippen molar-refractivity contribution in [2.45, 2.75) is 24.9 Å². The van der Waals surface area contributed by atoms with Crippen molar-refractivity contribution in [2.24, 2.45) is 0 Å². The number of aliphatic hydroxyl groups is 2. The fraction of sp³-hybridized carbons (Fsp3) is 0.556. The van der Waals surface area contributed by atoms with Crippen LogP contribution in [0.5, 0.6) is 0 Å². The third-order valence-corrected chi connectivity index (χ3v) is 3.00. The van der Waals surface area contributed by atoms with E-state index in [1.54, 1.807) is 4.57 Å². The van der Waals surface area contributed by atoms with Gasteiger partial charge >= 0.3 is 0 Å². The van der Waals surface area contributed by atoms with Gasteiger partial charge in [-0.15, -0.1) is 10.2 Å². The zero-order chi connectivity index (χ0) is 12.7. The first-order valence-electron chi connectivity index (χ1n) is 5.46. The number of hydrogen-bond donors (Lipinski definition) is 3. The van der Waals surface area contributed by atoms with Crippen molar-refractivity contribution in [1.82, 2.24) is 25.0 Å². The Labute approximate surface area is 101 Å². The van der Waals surface area contributed by atoms with Crippen LogP contribution in [0.15, 0.2) is 6.33 Å². The molecule has 0 unspecified atom stereocenters. The van der Waals surface area contributed by atoms with Crippen LogP contribution < -0.4 is 5.73 Å². The number of hydrogen-bond acceptors (Lipinski definition) is 8. The molecule has 2 aromatic heterocycles. The highest BCUT2D eigenvalue weighted by Crippen LogP contribution is 2.30. The highest BCUT2D eigenvalue weighted by atomic mass is 16.5. The highest BCUT2D eigenvalue weighted by Gasteiger charge is 2.35. The molecule has 1 saturated heterocycles. The van der Waals surface area contributed by atoms with Crippen LogP contribution in [-0.4, -0.2) is 54.0 Å². The molecule has 0 aromatic carbocycles. The summed E-state index contributed by atoms with van der Waals surface area (Å²) < 4.78 is 7.13. The number of nitrogens with two attached hydrogens (primary N) is 1. The number of aromatic nitrogens is 5. The summed E-state index contributed by atoms with van der Waals surface area (Å²) in [7, 11) is 0. The summed E-state index contributed by atoms with van der Waals surface area (Å²) in [5.74, 6) is 0.191. The first kappa shape index (κ1) is 11.3. The Hall–Kier alpha value is -1.84. The number of imidazole rings is 1. The molecule has 0 saturated carbocycles. The zero-order valence-electron chi connectivity index (χ0n) is 9.34. The molecule has 96 valence electrons. The number of fused-ring (bicyclic) bond motifs is 1. The maximum Gasteiger partial charge on any atom is 0.190 e. The second kappa shape index (κ2) is 4.12. The van der Waals surface area contributed by atoms with E-state index in [0.29, 0.717) is 17.6 Å². The third-order valence-electron chi connectivity index (χ3n) is 3.00. The van der Waals surface area contributed by atoms with Gasteiger partial charge in [-0.1, -0.05) is 0 Å². The normalized spacial score (nSPS) is 28.0. The van der Waals surface area contributed by atoms with Gasteiger partial charge in [0, 0.05) is 6.42 Å². The molecule has 3 heterocycles. The number of nitrogens with zero attached hydrogens (tertiary/aromatic N) is 5. The molecule has 3 rings (SSSR count). The van der Waals surface area contributed by atoms with E-state index in [9.17, 15) is 5.11 Å². The average Bonchev–Trinajstić information content (AvgIpc) is 2.93. The van der Waals surface area contributed by atoms with Gasteiger partial charge in [0.05, 0.1) is 19.0 Å². The first-order valence-corrected chi connectivity index (χ1v) is 5.46. The van der Waals surface area contributed by atoms with Gasteiger partial charge in [-0.05, 0) is 5.21 Å². The summed E-state index contributed by atoms with van der Waals surface area (Å²) in [4.78, 5) is 4.09. The van der Waals surface area contributed by atoms with Crippen molar-refractivity contribution >= 4 is 17.0 Å². The lowest BCUT2D eigenvalue weighted by atomic mass is 10.2. The highest BCUT2D eigenvalue weighted by molar-refractivity contribution is 5.80. The van der Waals surface area contributed by atoms with Gasteiger partial charge in [-0.25, -0.2) is 4.98 Å². The molecule has 0 amide bonds. The fourth-order valence-electron chi connectivity index (χ4n) is 2.06. The van der Waals surface area contributed by atoms with Gasteiger partial charge < -0.3 is 20.7 Å². The van der Waals surface area contributed by atoms with Crippen LogP contribution in [-0.2, 0) is 4.74 Å². The Bertz CT molecular complexity index is 572. The molecule has 0 radical (unpaired) electrons. The van der Waals surface area contributed by atoms with Crippen molar-refractivity contribution < 1.29 is 14.9 Å². The molecule has 3 atom stereocenters. The van der Waals surface area contributed by atoms with Crippen LogP contribution in [0.25, 0.3) is 11.2 Å². The van der Waals surface area contributed by atoms with Gasteiger partial charge in [-0.2, -0.15) is 0 Å². The number of anilines is 1. The summed E-state index contributed by atoms with van der Waals surface area (Å²) in [6.07, 6.45) is 0.0946. The Kier molecular flexibility index (Phi) is 2.58. The van der Waals surface area contributed by atoms with E-state index in [-0.39, 0.29) is 12.4 Å². The van der Waals surface area contributed by atoms with Gasteiger partial charge in [0.2, 0.25) is 0 Å². The summed E-state index contributed by atoms with van der Waals surface area (Å²) in [5.41, 5.74) is 6.51. The van der Waals surface area contributed by atoms with Crippen molar-refractivity contribution in [3.63, 3.8) is 0 Å². The van der Waals surface area contributed by atoms with Crippen LogP contribution in [0.2, 0.25) is 0 Å². The molecular weight excluding hydrogens is 240 g/mol. The molecular formula is C9H12N6O3. The van der Waals surface area contributed by atoms with E-state index in [0.717, 1.165) is 0 Å². The molecule has 1 aliphatic rings. The Morgan fingerprint density at radius 3 is 3.06 bits per heavy atom. The average molecular weight is 252 g/mol. The minimum absolute atomic E-state index is 0.191. The van der Waals surface area contributed by atoms with Crippen LogP contribution in [0.3, 0.4) is 0 Å². The summed E-state index contributed by atoms with van der Waals surface area (Å²) in [6.45, 7) is -0.236. The smallest absolute Gasteiger partial charge is 0.190 e. The molecule has 4 N–H and O–H groups in total. The molecule has 2 aromatic rings. The monoisotopic (exact) mass is 252 g/mol. The lowest BCUT2D eigenvalue weighted by molar-refractivity contribution is -0.0432. The van der Waals surface area contributed by atoms with Crippen molar-refractivity contribution in [1.29, 1.82) is 0 Å². The van der Waals surface area contributed by atoms with Crippen LogP contribution >= 0.6 is 0 Å². The largest absolute Gasteiger partial charge is 0.394 e. The summed E-state index contributed by atoms with van der Waals surface area (Å²) in [6, 6.07) is 0. The number of ether oxygens (including phenoxy) is 1. The molecule has 0 spiro atoms. The van der Waals surface area contributed by atoms with Crippen molar-refractivity contribution in [3.8, 4) is 0 Å². The van der Waals surface area contributed by atoms with E-state index in [1.807, 2.05) is 0 Å². The Balaban J connectivity index is 1.99. The van der Waals surface area contributed by atoms with E-state index >= 15 is 0 Å². The third kappa shape index (κ3) is 1.60. The second-order valence-corrected chi connectivity index (χ2v) is 4.11. The maximum atomic E-state index is 9.69. The zero-order valence-corrected chi connectivity index (χ0v) is 9.34. The number of aliphatic hydroxyl groups excluding tert-OH is 2. The number of nitrogen functional groups attached to an aromatic ring is 1. The SMILES string of the molecule is Nc1nnnc2c1ncn2[C@H]1C[C@H](O)[C@@H](CO)O1. The van der Waals surface area contributed by atoms with E-state index in [1.165, 1.54) is 6.33 Å². The van der Waals surface area contributed by atoms with E-state index < -0.39 is 18.4 Å². The van der Waals surface area contributed by atoms with Gasteiger partial charge in [-0.3, -0.25) is 4.57 Å². The summed E-state index contributed by atoms with van der Waals surface area (Å²) in [5, 5.41) is 29.7. The van der Waals surface area contributed by atoms with E-state index in [2.05, 4.69) is 20.4 Å². The molecule has 9 heteroatoms. The predicted molar refractivity (Wildman–Crippen MR) is 59.2 cm³/mol. The molecule has 0 bridgehead atoms. The topological polar surface area (TPSA) is 132 Å². The molecule has 9 nitrogen and oxygen atoms in total. The summed E-state index contributed by atoms with van der Waals surface area (Å²) >= 11 is 0. The van der Waals surface area contributed by atoms with E-state index in [4.69, 9.17) is 15.6 Å². The minimum atomic E-state index is -0.718. The molecule has 18 heavy (non-hydrogen) atoms. The molecule has 1 fully saturated rings. The van der Waals surface area contributed by atoms with Crippen LogP contribution in [0.4, 0.5) is 5.82 Å². The Morgan fingerprint density at radius 1 is 1.50 bits per heavy atom. The standard InChI is InChI=1S/C9H12N6O3/c10-8-7-9(13-14-12-8)15(3-11-7)6-1-4(17)5(2-16)18-6/h3-6,16-17H,1-2H2,(H2,10,12,13)/t4-,5+,6+/m0/s1. The van der Waals surface area contributed by atoms with Gasteiger partial charge in [0.15, 0.2) is 17.0 Å². The van der Waals surface area contributed by atoms with Crippen molar-refractivity contribution in [2.75, 3.05) is 12.3 Å². The van der Waals surface area contributed by atoms with Crippen LogP contribution in [0.1, 0.15) is 12.6 Å². The minimum Gasteiger partial charge on any atom is -0.394 e. The first-order chi connectivity index (χ1) is 8.70. The van der Waals surface area contributed by atoms with Gasteiger partial charge in [0.1, 0.15) is 12.3 Å². The quantitative estimate of drug-likeness (QED) is 0.584. The molecule has 1 aliphatic heterocycles. The van der Waals surface area contributed by atoms with Crippen molar-refractivity contribution in [3.05, 3.63) is 6.33 Å². The van der Waals surface area contributed by atoms with Crippen LogP contribution in [0, 0.1) is 0 Å². The lowest BCUT2D eigenvalue weighted by Gasteiger charge is -2.13. The maximum absolute atomic E-state index is 9.69. The molecule has 0 aliphatic carbocycles. The Morgan fingerprint density at radius 2 is 2.33 bits per heavy atom. The lowest BCUT2D eigenvalue weighted by Crippen LogP contribution is -2.24. The second-order valence-electron chi connectivity index (χ2n) is 4.11. The van der Waals surface area contributed by atoms with Gasteiger partial charge in [0.25, 0.3) is 0 Å².